The molecule has 0 aliphatic carbocycles. The van der Waals surface area contributed by atoms with E-state index in [-0.39, 0.29) is 30.2 Å². The standard InChI is InChI=1S/C30H35N7O8S/c1-19-7-6-8-20(2)25(19)46(42,43)36-24(27(39)40)16-33-26(38)23-14-30(45-35-23)13-22(15-34-28-31-11-12-32-28)37(18-30)29(41)44-17-21-9-4-3-5-10-21/h3-12,22,24,36H,13-18H2,1-2H3,(H,33,38)(H,39,40)(H2,31,32,34)/t22?,24-,30?/m0/s1. The number of aryl methyl sites for hydroxylation is 2. The number of aliphatic carboxylic acids is 1. The summed E-state index contributed by atoms with van der Waals surface area (Å²) in [5.41, 5.74) is 0.695. The third kappa shape index (κ3) is 7.46. The topological polar surface area (TPSA) is 204 Å². The number of aromatic nitrogens is 2. The summed E-state index contributed by atoms with van der Waals surface area (Å²) in [6, 6.07) is 12.1. The molecule has 15 nitrogen and oxygen atoms in total. The first-order valence-electron chi connectivity index (χ1n) is 14.5. The van der Waals surface area contributed by atoms with Gasteiger partial charge in [-0.3, -0.25) is 14.5 Å². The largest absolute Gasteiger partial charge is 0.480 e. The van der Waals surface area contributed by atoms with Gasteiger partial charge < -0.3 is 30.3 Å². The van der Waals surface area contributed by atoms with E-state index < -0.39 is 52.2 Å². The number of hydrogen-bond acceptors (Lipinski definition) is 10. The fraction of sp³-hybridized carbons (Fsp3) is 0.367. The molecule has 3 aromatic rings. The molecule has 2 aromatic carbocycles. The van der Waals surface area contributed by atoms with Gasteiger partial charge in [-0.1, -0.05) is 53.7 Å². The Kier molecular flexibility index (Phi) is 9.57. The third-order valence-corrected chi connectivity index (χ3v) is 9.57. The number of benzene rings is 2. The Hall–Kier alpha value is -4.96. The molecule has 16 heteroatoms. The fourth-order valence-electron chi connectivity index (χ4n) is 5.60. The highest BCUT2D eigenvalue weighted by Gasteiger charge is 2.52. The van der Waals surface area contributed by atoms with Gasteiger partial charge in [-0.2, -0.15) is 4.72 Å². The maximum atomic E-state index is 13.2. The number of carbonyl (C=O) groups is 3. The zero-order valence-electron chi connectivity index (χ0n) is 25.2. The zero-order chi connectivity index (χ0) is 32.9. The molecule has 2 unspecified atom stereocenters. The number of aromatic amines is 1. The average molecular weight is 654 g/mol. The van der Waals surface area contributed by atoms with Crippen LogP contribution in [0, 0.1) is 13.8 Å². The summed E-state index contributed by atoms with van der Waals surface area (Å²) in [6.45, 7) is 3.14. The minimum absolute atomic E-state index is 0.0148. The Morgan fingerprint density at radius 3 is 2.57 bits per heavy atom. The highest BCUT2D eigenvalue weighted by Crippen LogP contribution is 2.38. The summed E-state index contributed by atoms with van der Waals surface area (Å²) in [6.07, 6.45) is 3.03. The van der Waals surface area contributed by atoms with E-state index in [0.29, 0.717) is 30.0 Å². The summed E-state index contributed by atoms with van der Waals surface area (Å²) in [7, 11) is -4.21. The van der Waals surface area contributed by atoms with Crippen molar-refractivity contribution in [3.8, 4) is 0 Å². The number of oxime groups is 1. The summed E-state index contributed by atoms with van der Waals surface area (Å²) in [4.78, 5) is 52.6. The van der Waals surface area contributed by atoms with E-state index in [4.69, 9.17) is 9.57 Å². The lowest BCUT2D eigenvalue weighted by atomic mass is 9.94. The molecule has 1 aromatic heterocycles. The van der Waals surface area contributed by atoms with Crippen LogP contribution in [0.25, 0.3) is 0 Å². The van der Waals surface area contributed by atoms with Gasteiger partial charge in [-0.15, -0.1) is 0 Å². The van der Waals surface area contributed by atoms with Gasteiger partial charge in [-0.05, 0) is 30.5 Å². The lowest BCUT2D eigenvalue weighted by Gasteiger charge is -2.24. The molecule has 1 fully saturated rings. The van der Waals surface area contributed by atoms with Crippen molar-refractivity contribution in [1.82, 2.24) is 24.9 Å². The van der Waals surface area contributed by atoms with Crippen LogP contribution >= 0.6 is 0 Å². The summed E-state index contributed by atoms with van der Waals surface area (Å²) in [5.74, 6) is -1.67. The number of likely N-dealkylation sites (tertiary alicyclic amines) is 1. The lowest BCUT2D eigenvalue weighted by Crippen LogP contribution is -2.49. The predicted molar refractivity (Wildman–Crippen MR) is 165 cm³/mol. The molecule has 2 amide bonds. The number of ether oxygens (including phenoxy) is 1. The number of amides is 2. The van der Waals surface area contributed by atoms with Crippen LogP contribution in [0.1, 0.15) is 29.5 Å². The van der Waals surface area contributed by atoms with Crippen molar-refractivity contribution < 1.29 is 37.5 Å². The van der Waals surface area contributed by atoms with E-state index in [2.05, 4.69) is 30.5 Å². The minimum atomic E-state index is -4.21. The van der Waals surface area contributed by atoms with E-state index in [0.717, 1.165) is 5.56 Å². The highest BCUT2D eigenvalue weighted by molar-refractivity contribution is 7.89. The number of carboxylic acid groups (broad SMARTS) is 1. The Labute approximate surface area is 265 Å². The van der Waals surface area contributed by atoms with Crippen molar-refractivity contribution in [2.45, 2.75) is 55.9 Å². The van der Waals surface area contributed by atoms with Gasteiger partial charge in [0, 0.05) is 38.3 Å². The first-order valence-corrected chi connectivity index (χ1v) is 16.0. The predicted octanol–water partition coefficient (Wildman–Crippen LogP) is 1.91. The minimum Gasteiger partial charge on any atom is -0.480 e. The van der Waals surface area contributed by atoms with Gasteiger partial charge in [0.05, 0.1) is 17.5 Å². The van der Waals surface area contributed by atoms with Crippen LogP contribution in [0.4, 0.5) is 10.7 Å². The van der Waals surface area contributed by atoms with E-state index >= 15 is 0 Å². The van der Waals surface area contributed by atoms with Crippen molar-refractivity contribution in [3.63, 3.8) is 0 Å². The van der Waals surface area contributed by atoms with Crippen LogP contribution < -0.4 is 15.4 Å². The molecule has 46 heavy (non-hydrogen) atoms. The second kappa shape index (κ2) is 13.6. The van der Waals surface area contributed by atoms with Crippen LogP contribution in [-0.2, 0) is 35.8 Å². The Morgan fingerprint density at radius 1 is 1.15 bits per heavy atom. The van der Waals surface area contributed by atoms with Gasteiger partial charge in [0.2, 0.25) is 10.0 Å². The highest BCUT2D eigenvalue weighted by atomic mass is 32.2. The van der Waals surface area contributed by atoms with Crippen molar-refractivity contribution in [1.29, 1.82) is 0 Å². The number of imidazole rings is 1. The molecule has 3 heterocycles. The smallest absolute Gasteiger partial charge is 0.410 e. The monoisotopic (exact) mass is 653 g/mol. The van der Waals surface area contributed by atoms with Crippen molar-refractivity contribution >= 4 is 39.7 Å². The normalized spacial score (nSPS) is 19.7. The van der Waals surface area contributed by atoms with E-state index in [1.165, 1.54) is 4.90 Å². The molecular formula is C30H35N7O8S. The van der Waals surface area contributed by atoms with Gasteiger partial charge in [0.1, 0.15) is 18.4 Å². The van der Waals surface area contributed by atoms with Crippen LogP contribution in [0.3, 0.4) is 0 Å². The second-order valence-corrected chi connectivity index (χ2v) is 12.9. The van der Waals surface area contributed by atoms with E-state index in [1.807, 2.05) is 30.3 Å². The van der Waals surface area contributed by atoms with Gasteiger partial charge in [0.15, 0.2) is 11.5 Å². The Morgan fingerprint density at radius 2 is 1.89 bits per heavy atom. The van der Waals surface area contributed by atoms with Crippen molar-refractivity contribution in [2.75, 3.05) is 25.0 Å². The average Bonchev–Trinajstić information content (AvgIpc) is 3.78. The van der Waals surface area contributed by atoms with E-state index in [1.54, 1.807) is 44.4 Å². The first kappa shape index (κ1) is 32.4. The number of nitrogens with zero attached hydrogens (tertiary/aromatic N) is 3. The quantitative estimate of drug-likeness (QED) is 0.192. The molecular weight excluding hydrogens is 618 g/mol. The zero-order valence-corrected chi connectivity index (χ0v) is 26.0. The molecule has 5 rings (SSSR count). The molecule has 1 saturated heterocycles. The van der Waals surface area contributed by atoms with E-state index in [9.17, 15) is 27.9 Å². The molecule has 0 radical (unpaired) electrons. The first-order chi connectivity index (χ1) is 22.0. The van der Waals surface area contributed by atoms with Crippen LogP contribution in [-0.4, -0.2) is 89.4 Å². The number of H-pyrrole nitrogens is 1. The molecule has 244 valence electrons. The summed E-state index contributed by atoms with van der Waals surface area (Å²) in [5, 5.41) is 19.3. The number of carbonyl (C=O) groups excluding carboxylic acids is 2. The van der Waals surface area contributed by atoms with Crippen LogP contribution in [0.5, 0.6) is 0 Å². The van der Waals surface area contributed by atoms with Crippen LogP contribution in [0.15, 0.2) is 71.0 Å². The molecule has 1 spiro atoms. The van der Waals surface area contributed by atoms with Crippen molar-refractivity contribution in [3.05, 3.63) is 77.6 Å². The summed E-state index contributed by atoms with van der Waals surface area (Å²) < 4.78 is 33.8. The van der Waals surface area contributed by atoms with Gasteiger partial charge >= 0.3 is 12.1 Å². The number of carboxylic acids is 1. The molecule has 5 N–H and O–H groups in total. The van der Waals surface area contributed by atoms with Crippen LogP contribution in [0.2, 0.25) is 0 Å². The second-order valence-electron chi connectivity index (χ2n) is 11.3. The Bertz CT molecular complexity index is 1700. The number of anilines is 1. The molecule has 0 saturated carbocycles. The maximum Gasteiger partial charge on any atom is 0.410 e. The van der Waals surface area contributed by atoms with Gasteiger partial charge in [0.25, 0.3) is 5.91 Å². The summed E-state index contributed by atoms with van der Waals surface area (Å²) >= 11 is 0. The lowest BCUT2D eigenvalue weighted by molar-refractivity contribution is -0.138. The SMILES string of the molecule is Cc1cccc(C)c1S(=O)(=O)N[C@@H](CNC(=O)C1=NOC2(C1)CC(CNc1ncc[nH]1)N(C(=O)OCc1ccccc1)C2)C(=O)O. The number of sulfonamides is 1. The Balaban J connectivity index is 1.21. The van der Waals surface area contributed by atoms with Gasteiger partial charge in [-0.25, -0.2) is 18.2 Å². The third-order valence-electron chi connectivity index (χ3n) is 7.79. The molecule has 0 bridgehead atoms. The molecule has 2 aliphatic rings. The number of nitrogens with one attached hydrogen (secondary N) is 4. The number of rotatable bonds is 12. The maximum absolute atomic E-state index is 13.2. The molecule has 2 aliphatic heterocycles. The van der Waals surface area contributed by atoms with Crippen molar-refractivity contribution in [2.24, 2.45) is 5.16 Å². The fourth-order valence-corrected chi connectivity index (χ4v) is 7.26. The number of hydrogen-bond donors (Lipinski definition) is 5. The molecule has 3 atom stereocenters.